The summed E-state index contributed by atoms with van der Waals surface area (Å²) in [6.07, 6.45) is 3.47. The number of hydrogen-bond donors (Lipinski definition) is 2. The van der Waals surface area contributed by atoms with Gasteiger partial charge in [0.1, 0.15) is 5.75 Å². The second-order valence-electron chi connectivity index (χ2n) is 4.66. The highest BCUT2D eigenvalue weighted by molar-refractivity contribution is 6.31. The van der Waals surface area contributed by atoms with Crippen LogP contribution in [-0.4, -0.2) is 17.2 Å². The van der Waals surface area contributed by atoms with Crippen molar-refractivity contribution < 1.29 is 9.90 Å². The zero-order chi connectivity index (χ0) is 15.9. The number of benzene rings is 2. The summed E-state index contributed by atoms with van der Waals surface area (Å²) in [6, 6.07) is 14.0. The van der Waals surface area contributed by atoms with E-state index in [1.54, 1.807) is 0 Å². The molecule has 0 saturated heterocycles. The normalized spacial score (nSPS) is 11.6. The molecule has 0 fully saturated rings. The third-order valence-electron chi connectivity index (χ3n) is 2.83. The lowest BCUT2D eigenvalue weighted by Crippen LogP contribution is -2.17. The number of carbonyl (C=O) groups excluding carboxylic acids is 1. The molecule has 0 atom stereocenters. The van der Waals surface area contributed by atoms with E-state index in [0.29, 0.717) is 5.02 Å². The molecule has 0 saturated carbocycles. The summed E-state index contributed by atoms with van der Waals surface area (Å²) in [7, 11) is 0. The largest absolute Gasteiger partial charge is 0.507 e. The molecule has 0 aliphatic rings. The van der Waals surface area contributed by atoms with E-state index in [2.05, 4.69) is 10.5 Å². The Balaban J connectivity index is 2.01. The minimum atomic E-state index is -0.524. The average molecular weight is 315 g/mol. The number of phenolic OH excluding ortho intramolecular Hbond substituents is 1. The van der Waals surface area contributed by atoms with Gasteiger partial charge in [0, 0.05) is 5.02 Å². The van der Waals surface area contributed by atoms with Crippen molar-refractivity contribution in [2.24, 2.45) is 5.10 Å². The SMILES string of the molecule is CC(C=NNC(=O)c1cc(Cl)ccc1O)=Cc1ccccc1. The number of hydrazone groups is 1. The standard InChI is InChI=1S/C17H15ClN2O2/c1-12(9-13-5-3-2-4-6-13)11-19-20-17(22)15-10-14(18)7-8-16(15)21/h2-11,21H,1H3,(H,20,22). The Labute approximate surface area is 133 Å². The molecule has 0 aliphatic carbocycles. The maximum atomic E-state index is 11.9. The Morgan fingerprint density at radius 3 is 2.68 bits per heavy atom. The Morgan fingerprint density at radius 2 is 1.95 bits per heavy atom. The topological polar surface area (TPSA) is 61.7 Å². The first-order valence-electron chi connectivity index (χ1n) is 6.61. The fourth-order valence-electron chi connectivity index (χ4n) is 1.79. The number of carbonyl (C=O) groups is 1. The van der Waals surface area contributed by atoms with Gasteiger partial charge in [-0.25, -0.2) is 5.43 Å². The number of nitrogens with zero attached hydrogens (tertiary/aromatic N) is 1. The number of halogens is 1. The van der Waals surface area contributed by atoms with Gasteiger partial charge in [0.05, 0.1) is 11.8 Å². The fourth-order valence-corrected chi connectivity index (χ4v) is 1.96. The summed E-state index contributed by atoms with van der Waals surface area (Å²) in [5, 5.41) is 13.9. The molecule has 2 rings (SSSR count). The van der Waals surface area contributed by atoms with Gasteiger partial charge in [0.2, 0.25) is 0 Å². The van der Waals surface area contributed by atoms with E-state index < -0.39 is 5.91 Å². The van der Waals surface area contributed by atoms with Crippen molar-refractivity contribution in [2.75, 3.05) is 0 Å². The summed E-state index contributed by atoms with van der Waals surface area (Å²) in [5.41, 5.74) is 4.36. The van der Waals surface area contributed by atoms with E-state index in [0.717, 1.165) is 11.1 Å². The van der Waals surface area contributed by atoms with Crippen LogP contribution in [-0.2, 0) is 0 Å². The number of hydrogen-bond acceptors (Lipinski definition) is 3. The molecule has 2 aromatic rings. The van der Waals surface area contributed by atoms with E-state index in [4.69, 9.17) is 11.6 Å². The van der Waals surface area contributed by atoms with Gasteiger partial charge in [-0.3, -0.25) is 4.79 Å². The van der Waals surface area contributed by atoms with Crippen molar-refractivity contribution in [3.8, 4) is 5.75 Å². The minimum absolute atomic E-state index is 0.0781. The van der Waals surface area contributed by atoms with Crippen LogP contribution in [0.2, 0.25) is 5.02 Å². The average Bonchev–Trinajstić information content (AvgIpc) is 2.50. The molecule has 0 unspecified atom stereocenters. The fraction of sp³-hybridized carbons (Fsp3) is 0.0588. The van der Waals surface area contributed by atoms with Crippen molar-refractivity contribution in [3.63, 3.8) is 0 Å². The zero-order valence-corrected chi connectivity index (χ0v) is 12.7. The second-order valence-corrected chi connectivity index (χ2v) is 5.10. The molecule has 0 heterocycles. The van der Waals surface area contributed by atoms with Crippen LogP contribution in [0.3, 0.4) is 0 Å². The Bertz CT molecular complexity index is 725. The first-order valence-corrected chi connectivity index (χ1v) is 6.99. The van der Waals surface area contributed by atoms with Gasteiger partial charge in [-0.05, 0) is 36.3 Å². The van der Waals surface area contributed by atoms with Gasteiger partial charge >= 0.3 is 0 Å². The Morgan fingerprint density at radius 1 is 1.23 bits per heavy atom. The summed E-state index contributed by atoms with van der Waals surface area (Å²) in [5.74, 6) is -0.669. The van der Waals surface area contributed by atoms with Crippen LogP contribution < -0.4 is 5.43 Å². The third-order valence-corrected chi connectivity index (χ3v) is 3.07. The number of phenols is 1. The zero-order valence-electron chi connectivity index (χ0n) is 12.0. The van der Waals surface area contributed by atoms with E-state index >= 15 is 0 Å². The molecule has 0 radical (unpaired) electrons. The van der Waals surface area contributed by atoms with Crippen LogP contribution in [0.25, 0.3) is 6.08 Å². The molecule has 2 aromatic carbocycles. The highest BCUT2D eigenvalue weighted by Gasteiger charge is 2.10. The van der Waals surface area contributed by atoms with Gasteiger partial charge in [0.15, 0.2) is 0 Å². The van der Waals surface area contributed by atoms with Crippen LogP contribution in [0.5, 0.6) is 5.75 Å². The van der Waals surface area contributed by atoms with Crippen LogP contribution in [0.15, 0.2) is 59.2 Å². The van der Waals surface area contributed by atoms with Crippen molar-refractivity contribution >= 4 is 29.8 Å². The van der Waals surface area contributed by atoms with Crippen molar-refractivity contribution in [3.05, 3.63) is 70.3 Å². The predicted octanol–water partition coefficient (Wildman–Crippen LogP) is 3.86. The highest BCUT2D eigenvalue weighted by Crippen LogP contribution is 2.21. The van der Waals surface area contributed by atoms with Gasteiger partial charge < -0.3 is 5.11 Å². The minimum Gasteiger partial charge on any atom is -0.507 e. The number of nitrogens with one attached hydrogen (secondary N) is 1. The van der Waals surface area contributed by atoms with Crippen LogP contribution in [0.4, 0.5) is 0 Å². The number of allylic oxidation sites excluding steroid dienone is 1. The van der Waals surface area contributed by atoms with Gasteiger partial charge in [-0.2, -0.15) is 5.10 Å². The summed E-state index contributed by atoms with van der Waals surface area (Å²) in [4.78, 5) is 11.9. The molecular formula is C17H15ClN2O2. The molecule has 22 heavy (non-hydrogen) atoms. The van der Waals surface area contributed by atoms with Gasteiger partial charge in [0.25, 0.3) is 5.91 Å². The highest BCUT2D eigenvalue weighted by atomic mass is 35.5. The summed E-state index contributed by atoms with van der Waals surface area (Å²) in [6.45, 7) is 1.87. The van der Waals surface area contributed by atoms with Crippen molar-refractivity contribution in [1.82, 2.24) is 5.43 Å². The molecule has 112 valence electrons. The van der Waals surface area contributed by atoms with E-state index in [1.807, 2.05) is 43.3 Å². The predicted molar refractivity (Wildman–Crippen MR) is 89.2 cm³/mol. The maximum absolute atomic E-state index is 11.9. The Hall–Kier alpha value is -2.59. The van der Waals surface area contributed by atoms with E-state index in [-0.39, 0.29) is 11.3 Å². The molecule has 1 amide bonds. The van der Waals surface area contributed by atoms with Crippen molar-refractivity contribution in [2.45, 2.75) is 6.92 Å². The monoisotopic (exact) mass is 314 g/mol. The lowest BCUT2D eigenvalue weighted by atomic mass is 10.1. The van der Waals surface area contributed by atoms with Crippen LogP contribution in [0, 0.1) is 0 Å². The first kappa shape index (κ1) is 15.8. The van der Waals surface area contributed by atoms with E-state index in [9.17, 15) is 9.90 Å². The van der Waals surface area contributed by atoms with Crippen LogP contribution in [0.1, 0.15) is 22.8 Å². The molecule has 0 bridgehead atoms. The molecule has 0 aromatic heterocycles. The quantitative estimate of drug-likeness (QED) is 0.665. The smallest absolute Gasteiger partial charge is 0.275 e. The maximum Gasteiger partial charge on any atom is 0.275 e. The number of aromatic hydroxyl groups is 1. The molecule has 0 aliphatic heterocycles. The van der Waals surface area contributed by atoms with Gasteiger partial charge in [-0.1, -0.05) is 48.0 Å². The lowest BCUT2D eigenvalue weighted by molar-refractivity contribution is 0.0952. The Kier molecular flexibility index (Phi) is 5.33. The molecule has 2 N–H and O–H groups in total. The van der Waals surface area contributed by atoms with Crippen LogP contribution >= 0.6 is 11.6 Å². The molecule has 5 heteroatoms. The third kappa shape index (κ3) is 4.46. The number of amides is 1. The molecule has 0 spiro atoms. The van der Waals surface area contributed by atoms with E-state index in [1.165, 1.54) is 24.4 Å². The first-order chi connectivity index (χ1) is 10.6. The lowest BCUT2D eigenvalue weighted by Gasteiger charge is -2.03. The van der Waals surface area contributed by atoms with Gasteiger partial charge in [-0.15, -0.1) is 0 Å². The summed E-state index contributed by atoms with van der Waals surface area (Å²) < 4.78 is 0. The second kappa shape index (κ2) is 7.43. The van der Waals surface area contributed by atoms with Crippen molar-refractivity contribution in [1.29, 1.82) is 0 Å². The molecular weight excluding hydrogens is 300 g/mol. The molecule has 4 nitrogen and oxygen atoms in total. The summed E-state index contributed by atoms with van der Waals surface area (Å²) >= 11 is 5.80. The number of rotatable bonds is 4.